The summed E-state index contributed by atoms with van der Waals surface area (Å²) in [5.41, 5.74) is 16.9. The van der Waals surface area contributed by atoms with Crippen molar-refractivity contribution >= 4 is 93.1 Å². The van der Waals surface area contributed by atoms with Gasteiger partial charge in [-0.25, -0.2) is 0 Å². The Morgan fingerprint density at radius 2 is 0.805 bits per heavy atom. The predicted octanol–water partition coefficient (Wildman–Crippen LogP) is 21.1. The summed E-state index contributed by atoms with van der Waals surface area (Å²) in [6, 6.07) is 93.2. The van der Waals surface area contributed by atoms with Gasteiger partial charge in [-0.1, -0.05) is 202 Å². The molecule has 0 amide bonds. The average molecular weight is 983 g/mol. The molecule has 15 rings (SSSR count). The molecule has 0 heterocycles. The Labute approximate surface area is 449 Å². The lowest BCUT2D eigenvalue weighted by atomic mass is 9.78. The fraction of sp³-hybridized carbons (Fsp3) is 0.0667. The number of para-hydroxylation sites is 1. The summed E-state index contributed by atoms with van der Waals surface area (Å²) in [7, 11) is 0. The first kappa shape index (κ1) is 44.9. The van der Waals surface area contributed by atoms with Crippen LogP contribution >= 0.6 is 0 Å². The van der Waals surface area contributed by atoms with E-state index in [4.69, 9.17) is 0 Å². The molecule has 0 saturated heterocycles. The second kappa shape index (κ2) is 17.8. The van der Waals surface area contributed by atoms with Gasteiger partial charge in [-0.2, -0.15) is 0 Å². The van der Waals surface area contributed by atoms with Crippen LogP contribution in [0.1, 0.15) is 37.8 Å². The van der Waals surface area contributed by atoms with E-state index in [1.54, 1.807) is 0 Å². The molecule has 13 aromatic carbocycles. The number of benzene rings is 13. The summed E-state index contributed by atoms with van der Waals surface area (Å²) in [6.45, 7) is 4.88. The third-order valence-electron chi connectivity index (χ3n) is 16.8. The molecule has 0 unspecified atom stereocenters. The molecule has 77 heavy (non-hydrogen) atoms. The summed E-state index contributed by atoms with van der Waals surface area (Å²) in [5.74, 6) is 0. The topological polar surface area (TPSA) is 6.48 Å². The maximum atomic E-state index is 2.59. The van der Waals surface area contributed by atoms with Crippen LogP contribution in [0.2, 0.25) is 0 Å². The molecule has 2 heteroatoms. The zero-order valence-electron chi connectivity index (χ0n) is 43.2. The highest BCUT2D eigenvalue weighted by Gasteiger charge is 2.38. The zero-order chi connectivity index (χ0) is 51.2. The standard InChI is InChI=1S/C75H54N2/c1-75(2)71-46-60(77(56-29-7-4-8-30-56)58-38-36-50-20-10-12-24-54(50)44-58)39-41-63(71)67-47-69-70(48-72(67)75)73(64-33-17-25-51-21-13-15-31-61(51)64)66-42-40-59(45-68(66)74(69)65-34-18-26-52-22-14-16-32-62(52)65)76(55-27-5-3-6-28-55)57-37-35-49-19-9-11-23-53(49)43-57/h3-7,9-29,31-48H,8,30H2,1-2H3. The Morgan fingerprint density at radius 3 is 1.45 bits per heavy atom. The molecule has 0 N–H and O–H groups in total. The van der Waals surface area contributed by atoms with Crippen LogP contribution in [0.3, 0.4) is 0 Å². The Kier molecular flexibility index (Phi) is 10.4. The quantitative estimate of drug-likeness (QED) is 0.140. The maximum Gasteiger partial charge on any atom is 0.0468 e. The Morgan fingerprint density at radius 1 is 0.312 bits per heavy atom. The van der Waals surface area contributed by atoms with E-state index in [0.29, 0.717) is 0 Å². The molecule has 0 atom stereocenters. The SMILES string of the molecule is CC1(C)c2cc(N(C3=CC=CCC3)c3ccc4ccccc4c3)ccc2-c2cc3c(-c4cccc5ccccc45)c4cc(N(c5ccccc5)c5ccc6ccccc6c5)ccc4c(-c4cccc5ccccc45)c3cc21. The normalized spacial score (nSPS) is 13.6. The van der Waals surface area contributed by atoms with Crippen molar-refractivity contribution < 1.29 is 0 Å². The summed E-state index contributed by atoms with van der Waals surface area (Å²) in [5, 5.41) is 14.8. The minimum Gasteiger partial charge on any atom is -0.314 e. The van der Waals surface area contributed by atoms with E-state index in [9.17, 15) is 0 Å². The molecule has 2 nitrogen and oxygen atoms in total. The van der Waals surface area contributed by atoms with E-state index in [0.717, 1.165) is 29.9 Å². The lowest BCUT2D eigenvalue weighted by Gasteiger charge is -2.31. The molecule has 0 spiro atoms. The molecular weight excluding hydrogens is 929 g/mol. The Balaban J connectivity index is 1.03. The van der Waals surface area contributed by atoms with E-state index >= 15 is 0 Å². The van der Waals surface area contributed by atoms with E-state index in [1.165, 1.54) is 126 Å². The number of allylic oxidation sites excluding steroid dienone is 4. The van der Waals surface area contributed by atoms with Crippen LogP contribution in [0.4, 0.5) is 28.4 Å². The average Bonchev–Trinajstić information content (AvgIpc) is 3.80. The van der Waals surface area contributed by atoms with E-state index < -0.39 is 0 Å². The van der Waals surface area contributed by atoms with Gasteiger partial charge in [0.25, 0.3) is 0 Å². The van der Waals surface area contributed by atoms with Crippen molar-refractivity contribution in [2.24, 2.45) is 0 Å². The lowest BCUT2D eigenvalue weighted by molar-refractivity contribution is 0.661. The highest BCUT2D eigenvalue weighted by atomic mass is 15.2. The fourth-order valence-electron chi connectivity index (χ4n) is 13.1. The monoisotopic (exact) mass is 982 g/mol. The first-order valence-corrected chi connectivity index (χ1v) is 27.1. The molecular formula is C75H54N2. The first-order chi connectivity index (χ1) is 37.9. The predicted molar refractivity (Wildman–Crippen MR) is 330 cm³/mol. The number of anilines is 5. The van der Waals surface area contributed by atoms with Gasteiger partial charge in [0.2, 0.25) is 0 Å². The first-order valence-electron chi connectivity index (χ1n) is 27.1. The molecule has 0 bridgehead atoms. The summed E-state index contributed by atoms with van der Waals surface area (Å²) in [6.07, 6.45) is 8.81. The smallest absolute Gasteiger partial charge is 0.0468 e. The van der Waals surface area contributed by atoms with Crippen molar-refractivity contribution in [3.8, 4) is 33.4 Å². The molecule has 2 aliphatic carbocycles. The third kappa shape index (κ3) is 7.31. The van der Waals surface area contributed by atoms with Crippen molar-refractivity contribution in [3.63, 3.8) is 0 Å². The molecule has 2 aliphatic rings. The highest BCUT2D eigenvalue weighted by molar-refractivity contribution is 6.26. The fourth-order valence-corrected chi connectivity index (χ4v) is 13.1. The van der Waals surface area contributed by atoms with E-state index in [1.807, 2.05) is 0 Å². The molecule has 0 fully saturated rings. The van der Waals surface area contributed by atoms with E-state index in [-0.39, 0.29) is 5.41 Å². The van der Waals surface area contributed by atoms with Crippen LogP contribution in [0.15, 0.2) is 273 Å². The van der Waals surface area contributed by atoms with Gasteiger partial charge in [0.1, 0.15) is 0 Å². The number of hydrogen-bond donors (Lipinski definition) is 0. The third-order valence-corrected chi connectivity index (χ3v) is 16.8. The van der Waals surface area contributed by atoms with Crippen LogP contribution in [0.5, 0.6) is 0 Å². The van der Waals surface area contributed by atoms with Gasteiger partial charge in [0.05, 0.1) is 0 Å². The van der Waals surface area contributed by atoms with Crippen molar-refractivity contribution in [2.45, 2.75) is 32.1 Å². The molecule has 0 aliphatic heterocycles. The second-order valence-electron chi connectivity index (χ2n) is 21.5. The van der Waals surface area contributed by atoms with Crippen molar-refractivity contribution in [1.29, 1.82) is 0 Å². The van der Waals surface area contributed by atoms with Gasteiger partial charge < -0.3 is 9.80 Å². The number of rotatable bonds is 8. The van der Waals surface area contributed by atoms with Gasteiger partial charge in [0, 0.05) is 39.5 Å². The van der Waals surface area contributed by atoms with Crippen molar-refractivity contribution in [2.75, 3.05) is 9.80 Å². The molecule has 13 aromatic rings. The molecule has 364 valence electrons. The Bertz CT molecular complexity index is 4600. The maximum absolute atomic E-state index is 2.59. The summed E-state index contributed by atoms with van der Waals surface area (Å²) in [4.78, 5) is 4.93. The van der Waals surface area contributed by atoms with Crippen LogP contribution in [0, 0.1) is 0 Å². The minimum atomic E-state index is -0.310. The zero-order valence-corrected chi connectivity index (χ0v) is 43.2. The van der Waals surface area contributed by atoms with Gasteiger partial charge in [-0.3, -0.25) is 0 Å². The van der Waals surface area contributed by atoms with Crippen molar-refractivity contribution in [3.05, 3.63) is 284 Å². The molecule has 0 aromatic heterocycles. The second-order valence-corrected chi connectivity index (χ2v) is 21.5. The van der Waals surface area contributed by atoms with Crippen LogP contribution in [-0.4, -0.2) is 0 Å². The highest BCUT2D eigenvalue weighted by Crippen LogP contribution is 2.56. The number of nitrogens with zero attached hydrogens (tertiary/aromatic N) is 2. The Hall–Kier alpha value is -9.50. The lowest BCUT2D eigenvalue weighted by Crippen LogP contribution is -2.19. The molecule has 0 radical (unpaired) electrons. The largest absolute Gasteiger partial charge is 0.314 e. The number of fused-ring (bicyclic) bond motifs is 9. The van der Waals surface area contributed by atoms with Crippen LogP contribution in [0.25, 0.3) is 98.0 Å². The number of hydrogen-bond acceptors (Lipinski definition) is 2. The van der Waals surface area contributed by atoms with Crippen molar-refractivity contribution in [1.82, 2.24) is 0 Å². The van der Waals surface area contributed by atoms with Gasteiger partial charge in [0.15, 0.2) is 0 Å². The van der Waals surface area contributed by atoms with E-state index in [2.05, 4.69) is 291 Å². The van der Waals surface area contributed by atoms with Gasteiger partial charge in [-0.15, -0.1) is 0 Å². The minimum absolute atomic E-state index is 0.310. The van der Waals surface area contributed by atoms with Gasteiger partial charge in [-0.05, 0) is 201 Å². The molecule has 0 saturated carbocycles. The van der Waals surface area contributed by atoms with Crippen LogP contribution < -0.4 is 9.80 Å². The van der Waals surface area contributed by atoms with Gasteiger partial charge >= 0.3 is 0 Å². The summed E-state index contributed by atoms with van der Waals surface area (Å²) < 4.78 is 0. The van der Waals surface area contributed by atoms with Crippen LogP contribution in [-0.2, 0) is 5.41 Å². The summed E-state index contributed by atoms with van der Waals surface area (Å²) >= 11 is 0.